The summed E-state index contributed by atoms with van der Waals surface area (Å²) in [6.45, 7) is 6.38. The fourth-order valence-corrected chi connectivity index (χ4v) is 5.74. The molecule has 0 aliphatic heterocycles. The third-order valence-corrected chi connectivity index (χ3v) is 7.95. The first-order chi connectivity index (χ1) is 18.1. The standard InChI is InChI=1S/C32H36F2O4/c1-5-20(16-31(35)36)21-8-6-9-24(14-21)38-19-22-15-26(28-10-7-13-32(28,2)3)25(18-30(22)34)27-17-23(37-4)11-12-29(27)33/h6,8-9,11-12,14-15,17-18,20,28H,5,7,10,13,16,19H2,1-4H3,(H,35,36)/t20-,28+/m0/s1. The molecule has 0 heterocycles. The summed E-state index contributed by atoms with van der Waals surface area (Å²) in [7, 11) is 1.53. The highest BCUT2D eigenvalue weighted by atomic mass is 19.1. The molecular formula is C32H36F2O4. The summed E-state index contributed by atoms with van der Waals surface area (Å²) in [5.74, 6) is -0.645. The molecule has 1 aliphatic carbocycles. The Morgan fingerprint density at radius 1 is 1.05 bits per heavy atom. The number of hydrogen-bond donors (Lipinski definition) is 1. The number of ether oxygens (including phenoxy) is 2. The normalized spacial score (nSPS) is 17.3. The SMILES string of the molecule is CC[C@@H](CC(=O)O)c1cccc(OCc2cc([C@H]3CCCC3(C)C)c(-c3cc(OC)ccc3F)cc2F)c1. The molecule has 1 aliphatic rings. The zero-order chi connectivity index (χ0) is 27.4. The van der Waals surface area contributed by atoms with Crippen molar-refractivity contribution in [3.63, 3.8) is 0 Å². The van der Waals surface area contributed by atoms with Crippen LogP contribution in [0.2, 0.25) is 0 Å². The second-order valence-corrected chi connectivity index (χ2v) is 10.9. The number of carboxylic acids is 1. The minimum absolute atomic E-state index is 0.00598. The summed E-state index contributed by atoms with van der Waals surface area (Å²) >= 11 is 0. The maximum atomic E-state index is 15.5. The fourth-order valence-electron chi connectivity index (χ4n) is 5.74. The van der Waals surface area contributed by atoms with Gasteiger partial charge in [0.1, 0.15) is 29.7 Å². The van der Waals surface area contributed by atoms with Gasteiger partial charge in [0.25, 0.3) is 0 Å². The third-order valence-electron chi connectivity index (χ3n) is 7.95. The minimum Gasteiger partial charge on any atom is -0.497 e. The van der Waals surface area contributed by atoms with Crippen LogP contribution >= 0.6 is 0 Å². The summed E-state index contributed by atoms with van der Waals surface area (Å²) in [6, 6.07) is 15.1. The van der Waals surface area contributed by atoms with Gasteiger partial charge in [-0.05, 0) is 95.7 Å². The number of hydrogen-bond acceptors (Lipinski definition) is 3. The summed E-state index contributed by atoms with van der Waals surface area (Å²) < 4.78 is 41.9. The quantitative estimate of drug-likeness (QED) is 0.290. The van der Waals surface area contributed by atoms with Gasteiger partial charge in [0.05, 0.1) is 13.5 Å². The van der Waals surface area contributed by atoms with Crippen LogP contribution in [0.15, 0.2) is 54.6 Å². The Morgan fingerprint density at radius 3 is 2.50 bits per heavy atom. The Morgan fingerprint density at radius 2 is 1.84 bits per heavy atom. The first kappa shape index (κ1) is 27.6. The maximum Gasteiger partial charge on any atom is 0.303 e. The van der Waals surface area contributed by atoms with Crippen molar-refractivity contribution in [1.29, 1.82) is 0 Å². The van der Waals surface area contributed by atoms with E-state index in [1.54, 1.807) is 18.2 Å². The van der Waals surface area contributed by atoms with E-state index in [1.165, 1.54) is 19.2 Å². The molecule has 1 fully saturated rings. The molecule has 2 atom stereocenters. The van der Waals surface area contributed by atoms with E-state index >= 15 is 8.78 Å². The van der Waals surface area contributed by atoms with Crippen molar-refractivity contribution in [3.8, 4) is 22.6 Å². The Bertz CT molecular complexity index is 1300. The molecule has 0 saturated heterocycles. The van der Waals surface area contributed by atoms with Crippen molar-refractivity contribution in [3.05, 3.63) is 82.9 Å². The van der Waals surface area contributed by atoms with Crippen molar-refractivity contribution < 1.29 is 28.2 Å². The number of rotatable bonds is 10. The number of benzene rings is 3. The molecule has 0 amide bonds. The summed E-state index contributed by atoms with van der Waals surface area (Å²) in [6.07, 6.45) is 3.78. The van der Waals surface area contributed by atoms with E-state index in [2.05, 4.69) is 13.8 Å². The largest absolute Gasteiger partial charge is 0.497 e. The van der Waals surface area contributed by atoms with Crippen LogP contribution in [0.25, 0.3) is 11.1 Å². The predicted molar refractivity (Wildman–Crippen MR) is 145 cm³/mol. The Hall–Kier alpha value is -3.41. The number of methoxy groups -OCH3 is 1. The Balaban J connectivity index is 1.69. The Kier molecular flexibility index (Phi) is 8.39. The summed E-state index contributed by atoms with van der Waals surface area (Å²) in [5, 5.41) is 9.23. The zero-order valence-electron chi connectivity index (χ0n) is 22.5. The van der Waals surface area contributed by atoms with E-state index in [4.69, 9.17) is 9.47 Å². The predicted octanol–water partition coefficient (Wildman–Crippen LogP) is 8.48. The summed E-state index contributed by atoms with van der Waals surface area (Å²) in [5.41, 5.74) is 3.06. The van der Waals surface area contributed by atoms with Gasteiger partial charge in [0.2, 0.25) is 0 Å². The van der Waals surface area contributed by atoms with Crippen LogP contribution in [-0.2, 0) is 11.4 Å². The third kappa shape index (κ3) is 6.01. The van der Waals surface area contributed by atoms with Gasteiger partial charge < -0.3 is 14.6 Å². The van der Waals surface area contributed by atoms with Gasteiger partial charge in [-0.25, -0.2) is 8.78 Å². The van der Waals surface area contributed by atoms with E-state index in [-0.39, 0.29) is 30.3 Å². The molecule has 0 unspecified atom stereocenters. The second-order valence-electron chi connectivity index (χ2n) is 10.9. The van der Waals surface area contributed by atoms with Crippen LogP contribution in [0.4, 0.5) is 8.78 Å². The molecular weight excluding hydrogens is 486 g/mol. The topological polar surface area (TPSA) is 55.8 Å². The van der Waals surface area contributed by atoms with Crippen molar-refractivity contribution in [2.24, 2.45) is 5.41 Å². The van der Waals surface area contributed by atoms with E-state index in [9.17, 15) is 9.90 Å². The molecule has 38 heavy (non-hydrogen) atoms. The van der Waals surface area contributed by atoms with Crippen molar-refractivity contribution in [2.75, 3.05) is 7.11 Å². The van der Waals surface area contributed by atoms with Crippen LogP contribution in [0.5, 0.6) is 11.5 Å². The highest BCUT2D eigenvalue weighted by molar-refractivity contribution is 5.71. The lowest BCUT2D eigenvalue weighted by atomic mass is 9.75. The molecule has 0 radical (unpaired) electrons. The summed E-state index contributed by atoms with van der Waals surface area (Å²) in [4.78, 5) is 11.2. The monoisotopic (exact) mass is 522 g/mol. The van der Waals surface area contributed by atoms with Crippen LogP contribution in [0.3, 0.4) is 0 Å². The lowest BCUT2D eigenvalue weighted by Crippen LogP contribution is -2.17. The van der Waals surface area contributed by atoms with Gasteiger partial charge in [-0.15, -0.1) is 0 Å². The van der Waals surface area contributed by atoms with Crippen LogP contribution in [0, 0.1) is 17.0 Å². The van der Waals surface area contributed by atoms with Crippen LogP contribution in [-0.4, -0.2) is 18.2 Å². The molecule has 202 valence electrons. The molecule has 3 aromatic carbocycles. The smallest absolute Gasteiger partial charge is 0.303 e. The van der Waals surface area contributed by atoms with Crippen LogP contribution < -0.4 is 9.47 Å². The van der Waals surface area contributed by atoms with E-state index in [0.717, 1.165) is 30.4 Å². The van der Waals surface area contributed by atoms with Gasteiger partial charge in [-0.3, -0.25) is 4.79 Å². The number of carbonyl (C=O) groups is 1. The van der Waals surface area contributed by atoms with Gasteiger partial charge in [0.15, 0.2) is 0 Å². The Labute approximate surface area is 223 Å². The highest BCUT2D eigenvalue weighted by Gasteiger charge is 2.37. The van der Waals surface area contributed by atoms with Gasteiger partial charge in [0, 0.05) is 11.1 Å². The molecule has 0 aromatic heterocycles. The van der Waals surface area contributed by atoms with E-state index in [0.29, 0.717) is 34.6 Å². The lowest BCUT2D eigenvalue weighted by molar-refractivity contribution is -0.137. The minimum atomic E-state index is -0.847. The van der Waals surface area contributed by atoms with E-state index < -0.39 is 17.6 Å². The number of carboxylic acid groups (broad SMARTS) is 1. The lowest BCUT2D eigenvalue weighted by Gasteiger charge is -2.30. The van der Waals surface area contributed by atoms with Gasteiger partial charge in [-0.1, -0.05) is 39.3 Å². The molecule has 0 spiro atoms. The number of aliphatic carboxylic acids is 1. The zero-order valence-corrected chi connectivity index (χ0v) is 22.5. The molecule has 4 rings (SSSR count). The molecule has 0 bridgehead atoms. The highest BCUT2D eigenvalue weighted by Crippen LogP contribution is 2.51. The average molecular weight is 523 g/mol. The van der Waals surface area contributed by atoms with Crippen molar-refractivity contribution in [1.82, 2.24) is 0 Å². The molecule has 4 nitrogen and oxygen atoms in total. The molecule has 1 saturated carbocycles. The first-order valence-corrected chi connectivity index (χ1v) is 13.2. The first-order valence-electron chi connectivity index (χ1n) is 13.2. The number of halogens is 2. The van der Waals surface area contributed by atoms with Crippen molar-refractivity contribution in [2.45, 2.75) is 71.3 Å². The fraction of sp³-hybridized carbons (Fsp3) is 0.406. The molecule has 3 aromatic rings. The van der Waals surface area contributed by atoms with Crippen molar-refractivity contribution >= 4 is 5.97 Å². The van der Waals surface area contributed by atoms with E-state index in [1.807, 2.05) is 31.2 Å². The van der Waals surface area contributed by atoms with Gasteiger partial charge >= 0.3 is 5.97 Å². The van der Waals surface area contributed by atoms with Crippen LogP contribution in [0.1, 0.15) is 81.4 Å². The second kappa shape index (κ2) is 11.5. The molecule has 6 heteroatoms. The maximum absolute atomic E-state index is 15.5. The average Bonchev–Trinajstić information content (AvgIpc) is 3.25. The molecule has 1 N–H and O–H groups in total. The van der Waals surface area contributed by atoms with Gasteiger partial charge in [-0.2, -0.15) is 0 Å².